The van der Waals surface area contributed by atoms with E-state index in [0.29, 0.717) is 19.3 Å². The van der Waals surface area contributed by atoms with Crippen LogP contribution in [-0.2, 0) is 4.79 Å². The van der Waals surface area contributed by atoms with Gasteiger partial charge in [0.2, 0.25) is 0 Å². The summed E-state index contributed by atoms with van der Waals surface area (Å²) in [6.45, 7) is 3.87. The largest absolute Gasteiger partial charge is 0.480 e. The van der Waals surface area contributed by atoms with Gasteiger partial charge in [-0.25, -0.2) is 9.59 Å². The lowest BCUT2D eigenvalue weighted by atomic mass is 10.00. The van der Waals surface area contributed by atoms with E-state index in [-0.39, 0.29) is 30.1 Å². The first-order valence-electron chi connectivity index (χ1n) is 7.38. The molecule has 0 saturated carbocycles. The first kappa shape index (κ1) is 15.1. The number of hydrogen-bond acceptors (Lipinski definition) is 3. The number of carboxylic acid groups (broad SMARTS) is 1. The molecule has 0 spiro atoms. The summed E-state index contributed by atoms with van der Waals surface area (Å²) in [5, 5.41) is 21.6. The monoisotopic (exact) mass is 284 g/mol. The molecule has 0 aromatic rings. The second-order valence-corrected chi connectivity index (χ2v) is 6.39. The van der Waals surface area contributed by atoms with Gasteiger partial charge in [0.15, 0.2) is 0 Å². The second-order valence-electron chi connectivity index (χ2n) is 6.39. The van der Waals surface area contributed by atoms with Crippen molar-refractivity contribution in [2.24, 2.45) is 5.92 Å². The average molecular weight is 284 g/mol. The Morgan fingerprint density at radius 3 is 2.25 bits per heavy atom. The fourth-order valence-electron chi connectivity index (χ4n) is 3.40. The van der Waals surface area contributed by atoms with Gasteiger partial charge in [0.1, 0.15) is 6.04 Å². The van der Waals surface area contributed by atoms with Crippen LogP contribution in [0.5, 0.6) is 0 Å². The van der Waals surface area contributed by atoms with Crippen molar-refractivity contribution in [3.63, 3.8) is 0 Å². The molecule has 0 aliphatic carbocycles. The van der Waals surface area contributed by atoms with E-state index in [2.05, 4.69) is 5.32 Å². The summed E-state index contributed by atoms with van der Waals surface area (Å²) in [5.41, 5.74) is 0. The molecular formula is C14H24N2O4. The normalized spacial score (nSPS) is 30.4. The molecule has 0 aromatic carbocycles. The van der Waals surface area contributed by atoms with Gasteiger partial charge in [0, 0.05) is 12.1 Å². The Labute approximate surface area is 119 Å². The highest BCUT2D eigenvalue weighted by Crippen LogP contribution is 2.35. The van der Waals surface area contributed by atoms with E-state index in [0.717, 1.165) is 12.8 Å². The minimum Gasteiger partial charge on any atom is -0.480 e. The zero-order chi connectivity index (χ0) is 14.9. The van der Waals surface area contributed by atoms with Gasteiger partial charge < -0.3 is 20.4 Å². The van der Waals surface area contributed by atoms with Crippen LogP contribution in [0.25, 0.3) is 0 Å². The number of aliphatic hydroxyl groups is 1. The molecule has 3 unspecified atom stereocenters. The Bertz CT molecular complexity index is 371. The third-order valence-electron chi connectivity index (χ3n) is 4.25. The number of carboxylic acids is 1. The van der Waals surface area contributed by atoms with Gasteiger partial charge in [-0.3, -0.25) is 0 Å². The van der Waals surface area contributed by atoms with E-state index in [1.54, 1.807) is 4.90 Å². The Morgan fingerprint density at radius 2 is 1.80 bits per heavy atom. The molecule has 3 N–H and O–H groups in total. The number of fused-ring (bicyclic) bond motifs is 2. The lowest BCUT2D eigenvalue weighted by molar-refractivity contribution is -0.139. The smallest absolute Gasteiger partial charge is 0.326 e. The lowest BCUT2D eigenvalue weighted by Gasteiger charge is -2.37. The number of nitrogens with zero attached hydrogens (tertiary/aromatic N) is 1. The van der Waals surface area contributed by atoms with E-state index >= 15 is 0 Å². The van der Waals surface area contributed by atoms with E-state index in [1.165, 1.54) is 0 Å². The van der Waals surface area contributed by atoms with Gasteiger partial charge >= 0.3 is 12.0 Å². The second kappa shape index (κ2) is 5.99. The molecular weight excluding hydrogens is 260 g/mol. The van der Waals surface area contributed by atoms with Gasteiger partial charge in [-0.2, -0.15) is 0 Å². The van der Waals surface area contributed by atoms with Crippen LogP contribution in [0.4, 0.5) is 4.79 Å². The fraction of sp³-hybridized carbons (Fsp3) is 0.857. The molecule has 2 rings (SSSR count). The summed E-state index contributed by atoms with van der Waals surface area (Å²) in [7, 11) is 0. The Balaban J connectivity index is 1.99. The van der Waals surface area contributed by atoms with Crippen molar-refractivity contribution in [2.45, 2.75) is 70.2 Å². The molecule has 2 saturated heterocycles. The van der Waals surface area contributed by atoms with Crippen LogP contribution < -0.4 is 5.32 Å². The van der Waals surface area contributed by atoms with Crippen LogP contribution in [0.1, 0.15) is 46.0 Å². The minimum absolute atomic E-state index is 0.0530. The molecule has 0 radical (unpaired) electrons. The van der Waals surface area contributed by atoms with Gasteiger partial charge in [-0.1, -0.05) is 13.8 Å². The van der Waals surface area contributed by atoms with Crippen molar-refractivity contribution >= 4 is 12.0 Å². The number of rotatable bonds is 4. The Morgan fingerprint density at radius 1 is 1.25 bits per heavy atom. The molecule has 0 aromatic heterocycles. The SMILES string of the molecule is CC(C)CC(NC(=O)N1C2CCC1CC(O)C2)C(=O)O. The summed E-state index contributed by atoms with van der Waals surface area (Å²) in [6, 6.07) is -1.03. The van der Waals surface area contributed by atoms with Crippen LogP contribution in [-0.4, -0.2) is 51.3 Å². The Kier molecular flexibility index (Phi) is 4.52. The topological polar surface area (TPSA) is 89.9 Å². The average Bonchev–Trinajstić information content (AvgIpc) is 2.60. The molecule has 2 bridgehead atoms. The maximum atomic E-state index is 12.3. The number of piperidine rings is 1. The van der Waals surface area contributed by atoms with Crippen LogP contribution in [0.2, 0.25) is 0 Å². The van der Waals surface area contributed by atoms with Gasteiger partial charge in [-0.15, -0.1) is 0 Å². The predicted molar refractivity (Wildman–Crippen MR) is 73.3 cm³/mol. The summed E-state index contributed by atoms with van der Waals surface area (Å²) in [5.74, 6) is -0.784. The molecule has 2 aliphatic rings. The van der Waals surface area contributed by atoms with Crippen LogP contribution in [0, 0.1) is 5.92 Å². The van der Waals surface area contributed by atoms with Crippen molar-refractivity contribution < 1.29 is 19.8 Å². The summed E-state index contributed by atoms with van der Waals surface area (Å²) in [4.78, 5) is 25.3. The first-order chi connectivity index (χ1) is 9.38. The Hall–Kier alpha value is -1.30. The molecule has 6 nitrogen and oxygen atoms in total. The third-order valence-corrected chi connectivity index (χ3v) is 4.25. The zero-order valence-corrected chi connectivity index (χ0v) is 12.1. The number of nitrogens with one attached hydrogen (secondary N) is 1. The number of carbonyl (C=O) groups is 2. The van der Waals surface area contributed by atoms with Crippen molar-refractivity contribution in [1.29, 1.82) is 0 Å². The van der Waals surface area contributed by atoms with Gasteiger partial charge in [0.05, 0.1) is 6.10 Å². The van der Waals surface area contributed by atoms with Gasteiger partial charge in [-0.05, 0) is 38.0 Å². The number of aliphatic carboxylic acids is 1. The maximum absolute atomic E-state index is 12.3. The molecule has 20 heavy (non-hydrogen) atoms. The molecule has 3 atom stereocenters. The third kappa shape index (κ3) is 3.23. The molecule has 2 aliphatic heterocycles. The minimum atomic E-state index is -0.989. The van der Waals surface area contributed by atoms with Crippen LogP contribution in [0.3, 0.4) is 0 Å². The number of amides is 2. The molecule has 6 heteroatoms. The van der Waals surface area contributed by atoms with E-state index in [1.807, 2.05) is 13.8 Å². The summed E-state index contributed by atoms with van der Waals surface area (Å²) < 4.78 is 0. The lowest BCUT2D eigenvalue weighted by Crippen LogP contribution is -2.55. The molecule has 114 valence electrons. The quantitative estimate of drug-likeness (QED) is 0.723. The highest BCUT2D eigenvalue weighted by molar-refractivity contribution is 5.83. The predicted octanol–water partition coefficient (Wildman–Crippen LogP) is 1.18. The number of urea groups is 1. The van der Waals surface area contributed by atoms with E-state index in [9.17, 15) is 19.8 Å². The van der Waals surface area contributed by atoms with Crippen molar-refractivity contribution in [3.05, 3.63) is 0 Å². The number of hydrogen-bond donors (Lipinski definition) is 3. The van der Waals surface area contributed by atoms with E-state index in [4.69, 9.17) is 0 Å². The molecule has 2 amide bonds. The number of carbonyl (C=O) groups excluding carboxylic acids is 1. The van der Waals surface area contributed by atoms with Crippen LogP contribution in [0.15, 0.2) is 0 Å². The highest BCUT2D eigenvalue weighted by Gasteiger charge is 2.43. The fourth-order valence-corrected chi connectivity index (χ4v) is 3.40. The maximum Gasteiger partial charge on any atom is 0.326 e. The molecule has 2 heterocycles. The zero-order valence-electron chi connectivity index (χ0n) is 12.1. The number of aliphatic hydroxyl groups excluding tert-OH is 1. The van der Waals surface area contributed by atoms with Gasteiger partial charge in [0.25, 0.3) is 0 Å². The van der Waals surface area contributed by atoms with Crippen molar-refractivity contribution in [3.8, 4) is 0 Å². The first-order valence-corrected chi connectivity index (χ1v) is 7.38. The van der Waals surface area contributed by atoms with Crippen molar-refractivity contribution in [2.75, 3.05) is 0 Å². The summed E-state index contributed by atoms with van der Waals surface area (Å²) in [6.07, 6.45) is 3.10. The highest BCUT2D eigenvalue weighted by atomic mass is 16.4. The standard InChI is InChI=1S/C14H24N2O4/c1-8(2)5-12(13(18)19)15-14(20)16-9-3-4-10(16)7-11(17)6-9/h8-12,17H,3-7H2,1-2H3,(H,15,20)(H,18,19). The van der Waals surface area contributed by atoms with Crippen molar-refractivity contribution in [1.82, 2.24) is 10.2 Å². The van der Waals surface area contributed by atoms with Crippen LogP contribution >= 0.6 is 0 Å². The molecule has 2 fully saturated rings. The summed E-state index contributed by atoms with van der Waals surface area (Å²) >= 11 is 0. The van der Waals surface area contributed by atoms with E-state index < -0.39 is 12.0 Å².